The van der Waals surface area contributed by atoms with Gasteiger partial charge in [0.25, 0.3) is 11.5 Å². The highest BCUT2D eigenvalue weighted by molar-refractivity contribution is 7.89. The molecular formula is C20H23N3O5S. The molecule has 1 aromatic carbocycles. The highest BCUT2D eigenvalue weighted by Crippen LogP contribution is 2.33. The second kappa shape index (κ2) is 7.23. The number of rotatable bonds is 4. The molecule has 1 atom stereocenters. The SMILES string of the molecule is CC(NC(=O)c1cc2c([nH]c1=O)CC(C)(C)CC2=O)c1cccc(S(N)(=O)=O)c1. The van der Waals surface area contributed by atoms with Gasteiger partial charge in [-0.3, -0.25) is 14.4 Å². The zero-order valence-corrected chi connectivity index (χ0v) is 17.2. The van der Waals surface area contributed by atoms with Gasteiger partial charge in [-0.05, 0) is 42.5 Å². The van der Waals surface area contributed by atoms with Crippen molar-refractivity contribution in [3.63, 3.8) is 0 Å². The molecule has 0 aliphatic heterocycles. The van der Waals surface area contributed by atoms with Gasteiger partial charge in [-0.25, -0.2) is 13.6 Å². The van der Waals surface area contributed by atoms with Crippen molar-refractivity contribution in [2.24, 2.45) is 10.6 Å². The zero-order chi connectivity index (χ0) is 21.6. The van der Waals surface area contributed by atoms with E-state index in [4.69, 9.17) is 5.14 Å². The molecule has 1 aliphatic carbocycles. The lowest BCUT2D eigenvalue weighted by Gasteiger charge is -2.29. The molecule has 29 heavy (non-hydrogen) atoms. The Morgan fingerprint density at radius 2 is 1.90 bits per heavy atom. The molecule has 154 valence electrons. The van der Waals surface area contributed by atoms with Crippen molar-refractivity contribution in [1.29, 1.82) is 0 Å². The Morgan fingerprint density at radius 3 is 2.55 bits per heavy atom. The minimum atomic E-state index is -3.88. The van der Waals surface area contributed by atoms with E-state index in [2.05, 4.69) is 10.3 Å². The number of H-pyrrole nitrogens is 1. The smallest absolute Gasteiger partial charge is 0.261 e. The number of amides is 1. The lowest BCUT2D eigenvalue weighted by atomic mass is 9.75. The zero-order valence-electron chi connectivity index (χ0n) is 16.4. The molecule has 0 radical (unpaired) electrons. The van der Waals surface area contributed by atoms with Gasteiger partial charge in [0.15, 0.2) is 5.78 Å². The van der Waals surface area contributed by atoms with Crippen LogP contribution in [0, 0.1) is 5.41 Å². The van der Waals surface area contributed by atoms with Crippen LogP contribution in [0.25, 0.3) is 0 Å². The van der Waals surface area contributed by atoms with Crippen LogP contribution >= 0.6 is 0 Å². The van der Waals surface area contributed by atoms with Crippen LogP contribution in [0.5, 0.6) is 0 Å². The molecule has 0 spiro atoms. The van der Waals surface area contributed by atoms with E-state index >= 15 is 0 Å². The van der Waals surface area contributed by atoms with Crippen LogP contribution in [-0.4, -0.2) is 25.1 Å². The van der Waals surface area contributed by atoms with Crippen molar-refractivity contribution in [3.8, 4) is 0 Å². The van der Waals surface area contributed by atoms with Crippen LogP contribution in [-0.2, 0) is 16.4 Å². The largest absolute Gasteiger partial charge is 0.345 e. The minimum Gasteiger partial charge on any atom is -0.345 e. The number of benzene rings is 1. The molecule has 0 saturated heterocycles. The molecule has 1 aromatic heterocycles. The van der Waals surface area contributed by atoms with Crippen molar-refractivity contribution < 1.29 is 18.0 Å². The molecule has 0 bridgehead atoms. The molecule has 1 aliphatic rings. The van der Waals surface area contributed by atoms with Gasteiger partial charge >= 0.3 is 0 Å². The Hall–Kier alpha value is -2.78. The number of nitrogens with one attached hydrogen (secondary N) is 2. The Morgan fingerprint density at radius 1 is 1.21 bits per heavy atom. The third-order valence-electron chi connectivity index (χ3n) is 5.00. The number of hydrogen-bond donors (Lipinski definition) is 3. The van der Waals surface area contributed by atoms with Crippen molar-refractivity contribution in [1.82, 2.24) is 10.3 Å². The van der Waals surface area contributed by atoms with Gasteiger partial charge in [-0.15, -0.1) is 0 Å². The second-order valence-electron chi connectivity index (χ2n) is 8.16. The average molecular weight is 417 g/mol. The number of fused-ring (bicyclic) bond motifs is 1. The predicted molar refractivity (Wildman–Crippen MR) is 107 cm³/mol. The fraction of sp³-hybridized carbons (Fsp3) is 0.350. The normalized spacial score (nSPS) is 16.8. The number of carbonyl (C=O) groups is 2. The van der Waals surface area contributed by atoms with E-state index in [1.54, 1.807) is 13.0 Å². The Balaban J connectivity index is 1.88. The maximum atomic E-state index is 12.7. The summed E-state index contributed by atoms with van der Waals surface area (Å²) in [5.41, 5.74) is 0.430. The number of sulfonamides is 1. The number of carbonyl (C=O) groups excluding carboxylic acids is 2. The summed E-state index contributed by atoms with van der Waals surface area (Å²) in [4.78, 5) is 40.1. The molecule has 1 heterocycles. The first-order valence-electron chi connectivity index (χ1n) is 9.10. The van der Waals surface area contributed by atoms with Gasteiger partial charge in [0.1, 0.15) is 5.56 Å². The van der Waals surface area contributed by atoms with E-state index in [-0.39, 0.29) is 21.7 Å². The molecule has 1 amide bonds. The predicted octanol–water partition coefficient (Wildman–Crippen LogP) is 1.67. The van der Waals surface area contributed by atoms with Gasteiger partial charge in [-0.1, -0.05) is 26.0 Å². The van der Waals surface area contributed by atoms with E-state index in [1.165, 1.54) is 24.3 Å². The summed E-state index contributed by atoms with van der Waals surface area (Å²) < 4.78 is 23.0. The fourth-order valence-electron chi connectivity index (χ4n) is 3.52. The Kier molecular flexibility index (Phi) is 5.22. The van der Waals surface area contributed by atoms with Crippen molar-refractivity contribution in [2.75, 3.05) is 0 Å². The van der Waals surface area contributed by atoms with E-state index in [9.17, 15) is 22.8 Å². The van der Waals surface area contributed by atoms with Crippen LogP contribution < -0.4 is 16.0 Å². The number of pyridine rings is 1. The molecule has 4 N–H and O–H groups in total. The number of aromatic nitrogens is 1. The number of aromatic amines is 1. The van der Waals surface area contributed by atoms with E-state index < -0.39 is 27.5 Å². The monoisotopic (exact) mass is 417 g/mol. The number of nitrogens with two attached hydrogens (primary N) is 1. The topological polar surface area (TPSA) is 139 Å². The van der Waals surface area contributed by atoms with Gasteiger partial charge in [-0.2, -0.15) is 0 Å². The third kappa shape index (κ3) is 4.46. The first-order chi connectivity index (χ1) is 13.4. The summed E-state index contributed by atoms with van der Waals surface area (Å²) in [7, 11) is -3.88. The van der Waals surface area contributed by atoms with Crippen LogP contribution in [0.1, 0.15) is 65.2 Å². The van der Waals surface area contributed by atoms with Gasteiger partial charge in [0.2, 0.25) is 10.0 Å². The van der Waals surface area contributed by atoms with Crippen molar-refractivity contribution in [3.05, 3.63) is 63.1 Å². The summed E-state index contributed by atoms with van der Waals surface area (Å²) in [6, 6.07) is 6.63. The lowest BCUT2D eigenvalue weighted by molar-refractivity contribution is 0.0910. The molecule has 0 saturated carbocycles. The van der Waals surface area contributed by atoms with Gasteiger partial charge in [0, 0.05) is 17.7 Å². The standard InChI is InChI=1S/C20H23N3O5S/c1-11(12-5-4-6-13(7-12)29(21,27)28)22-18(25)15-8-14-16(23-19(15)26)9-20(2,3)10-17(14)24/h4-8,11H,9-10H2,1-3H3,(H,22,25)(H,23,26)(H2,21,27,28). The molecule has 9 heteroatoms. The number of hydrogen-bond acceptors (Lipinski definition) is 5. The molecular weight excluding hydrogens is 394 g/mol. The lowest BCUT2D eigenvalue weighted by Crippen LogP contribution is -2.35. The molecule has 2 aromatic rings. The van der Waals surface area contributed by atoms with Crippen LogP contribution in [0.3, 0.4) is 0 Å². The van der Waals surface area contributed by atoms with Crippen LogP contribution in [0.15, 0.2) is 40.0 Å². The number of Topliss-reactive ketones (excluding diaryl/α,β-unsaturated/α-hetero) is 1. The summed E-state index contributed by atoms with van der Waals surface area (Å²) in [5, 5.41) is 7.81. The summed E-state index contributed by atoms with van der Waals surface area (Å²) in [5.74, 6) is -0.768. The Labute approximate surface area is 168 Å². The Bertz CT molecular complexity index is 1160. The van der Waals surface area contributed by atoms with E-state index in [1.807, 2.05) is 13.8 Å². The fourth-order valence-corrected chi connectivity index (χ4v) is 4.08. The third-order valence-corrected chi connectivity index (χ3v) is 5.91. The molecule has 3 rings (SSSR count). The molecule has 1 unspecified atom stereocenters. The maximum absolute atomic E-state index is 12.7. The van der Waals surface area contributed by atoms with Crippen LogP contribution in [0.4, 0.5) is 0 Å². The quantitative estimate of drug-likeness (QED) is 0.694. The second-order valence-corrected chi connectivity index (χ2v) is 9.72. The van der Waals surface area contributed by atoms with Gasteiger partial charge in [0.05, 0.1) is 10.9 Å². The minimum absolute atomic E-state index is 0.0732. The highest BCUT2D eigenvalue weighted by Gasteiger charge is 2.32. The van der Waals surface area contributed by atoms with E-state index in [0.29, 0.717) is 29.7 Å². The summed E-state index contributed by atoms with van der Waals surface area (Å²) >= 11 is 0. The highest BCUT2D eigenvalue weighted by atomic mass is 32.2. The first-order valence-corrected chi connectivity index (χ1v) is 10.6. The van der Waals surface area contributed by atoms with Crippen molar-refractivity contribution >= 4 is 21.7 Å². The maximum Gasteiger partial charge on any atom is 0.261 e. The number of ketones is 1. The van der Waals surface area contributed by atoms with Gasteiger partial charge < -0.3 is 10.3 Å². The number of primary sulfonamides is 1. The summed E-state index contributed by atoms with van der Waals surface area (Å²) in [6.07, 6.45) is 0.881. The average Bonchev–Trinajstić information content (AvgIpc) is 2.59. The van der Waals surface area contributed by atoms with E-state index in [0.717, 1.165) is 0 Å². The van der Waals surface area contributed by atoms with Crippen molar-refractivity contribution in [2.45, 2.75) is 44.6 Å². The molecule has 0 fully saturated rings. The molecule has 8 nitrogen and oxygen atoms in total. The summed E-state index contributed by atoms with van der Waals surface area (Å²) in [6.45, 7) is 5.55. The first kappa shape index (κ1) is 20.9. The van der Waals surface area contributed by atoms with Crippen LogP contribution in [0.2, 0.25) is 0 Å².